The van der Waals surface area contributed by atoms with Gasteiger partial charge in [-0.1, -0.05) is 38.8 Å². The predicted octanol–water partition coefficient (Wildman–Crippen LogP) is 4.09. The zero-order chi connectivity index (χ0) is 20.1. The number of halogens is 1. The lowest BCUT2D eigenvalue weighted by atomic mass is 9.75. The number of nitrogens with two attached hydrogens (primary N) is 1. The first-order valence-electron chi connectivity index (χ1n) is 9.22. The van der Waals surface area contributed by atoms with Crippen molar-refractivity contribution in [2.24, 2.45) is 17.8 Å². The minimum Gasteiger partial charge on any atom is -0.496 e. The fraction of sp³-hybridized carbons (Fsp3) is 0.600. The summed E-state index contributed by atoms with van der Waals surface area (Å²) >= 11 is 5.96. The highest BCUT2D eigenvalue weighted by Gasteiger charge is 2.33. The Labute approximate surface area is 165 Å². The average Bonchev–Trinajstić information content (AvgIpc) is 2.61. The molecule has 0 aliphatic heterocycles. The minimum atomic E-state index is -0.719. The van der Waals surface area contributed by atoms with Gasteiger partial charge in [-0.05, 0) is 36.7 Å². The minimum absolute atomic E-state index is 0.107. The lowest BCUT2D eigenvalue weighted by Crippen LogP contribution is -2.36. The fourth-order valence-electron chi connectivity index (χ4n) is 3.55. The van der Waals surface area contributed by atoms with Crippen LogP contribution in [0, 0.1) is 17.8 Å². The van der Waals surface area contributed by atoms with Crippen molar-refractivity contribution in [2.75, 3.05) is 19.5 Å². The van der Waals surface area contributed by atoms with E-state index in [-0.39, 0.29) is 28.1 Å². The summed E-state index contributed by atoms with van der Waals surface area (Å²) in [5.74, 6) is 0.241. The van der Waals surface area contributed by atoms with Gasteiger partial charge in [0.1, 0.15) is 17.4 Å². The third kappa shape index (κ3) is 5.51. The van der Waals surface area contributed by atoms with E-state index in [1.54, 1.807) is 0 Å². The standard InChI is InChI=1S/C20H28ClNO5/c1-11(2)13-6-5-12(3)7-18(13)27-19(23)10-26-20(24)14-8-15(21)16(22)9-17(14)25-4/h8-9,11-13,18H,5-7,10,22H2,1-4H3/t12-,13-,18+/m0/s1. The number of hydrogen-bond acceptors (Lipinski definition) is 6. The van der Waals surface area contributed by atoms with E-state index in [2.05, 4.69) is 20.8 Å². The second kappa shape index (κ2) is 9.31. The molecule has 0 aromatic heterocycles. The molecule has 2 N–H and O–H groups in total. The van der Waals surface area contributed by atoms with Gasteiger partial charge in [-0.15, -0.1) is 0 Å². The highest BCUT2D eigenvalue weighted by Crippen LogP contribution is 2.35. The molecule has 3 atom stereocenters. The summed E-state index contributed by atoms with van der Waals surface area (Å²) < 4.78 is 15.9. The fourth-order valence-corrected chi connectivity index (χ4v) is 3.72. The van der Waals surface area contributed by atoms with Crippen LogP contribution in [0.4, 0.5) is 5.69 Å². The number of nitrogen functional groups attached to an aromatic ring is 1. The van der Waals surface area contributed by atoms with Gasteiger partial charge in [0, 0.05) is 6.07 Å². The molecule has 1 aromatic carbocycles. The molecule has 1 fully saturated rings. The van der Waals surface area contributed by atoms with Gasteiger partial charge in [0.25, 0.3) is 0 Å². The highest BCUT2D eigenvalue weighted by atomic mass is 35.5. The topological polar surface area (TPSA) is 87.9 Å². The van der Waals surface area contributed by atoms with Crippen molar-refractivity contribution in [1.82, 2.24) is 0 Å². The van der Waals surface area contributed by atoms with Gasteiger partial charge in [-0.3, -0.25) is 0 Å². The molecule has 1 aliphatic rings. The van der Waals surface area contributed by atoms with E-state index in [9.17, 15) is 9.59 Å². The number of methoxy groups -OCH3 is 1. The van der Waals surface area contributed by atoms with Gasteiger partial charge in [0.15, 0.2) is 6.61 Å². The quantitative estimate of drug-likeness (QED) is 0.574. The van der Waals surface area contributed by atoms with Crippen LogP contribution in [0.15, 0.2) is 12.1 Å². The first-order valence-corrected chi connectivity index (χ1v) is 9.60. The number of carbonyl (C=O) groups is 2. The molecule has 0 radical (unpaired) electrons. The van der Waals surface area contributed by atoms with Gasteiger partial charge in [0.05, 0.1) is 17.8 Å². The van der Waals surface area contributed by atoms with Crippen molar-refractivity contribution in [3.8, 4) is 5.75 Å². The lowest BCUT2D eigenvalue weighted by Gasteiger charge is -2.36. The lowest BCUT2D eigenvalue weighted by molar-refractivity contribution is -0.159. The maximum Gasteiger partial charge on any atom is 0.344 e. The number of carbonyl (C=O) groups excluding carboxylic acids is 2. The smallest absolute Gasteiger partial charge is 0.344 e. The first-order chi connectivity index (χ1) is 12.7. The predicted molar refractivity (Wildman–Crippen MR) is 104 cm³/mol. The van der Waals surface area contributed by atoms with Crippen LogP contribution in [0.1, 0.15) is 50.4 Å². The summed E-state index contributed by atoms with van der Waals surface area (Å²) in [7, 11) is 1.41. The van der Waals surface area contributed by atoms with E-state index in [4.69, 9.17) is 31.5 Å². The van der Waals surface area contributed by atoms with Crippen LogP contribution in [0.5, 0.6) is 5.75 Å². The average molecular weight is 398 g/mol. The molecular formula is C20H28ClNO5. The third-order valence-electron chi connectivity index (χ3n) is 5.10. The van der Waals surface area contributed by atoms with E-state index in [0.29, 0.717) is 17.8 Å². The van der Waals surface area contributed by atoms with Crippen molar-refractivity contribution < 1.29 is 23.8 Å². The molecule has 1 aromatic rings. The molecule has 7 heteroatoms. The van der Waals surface area contributed by atoms with Crippen LogP contribution in [-0.2, 0) is 14.3 Å². The Morgan fingerprint density at radius 1 is 1.30 bits per heavy atom. The summed E-state index contributed by atoms with van der Waals surface area (Å²) in [4.78, 5) is 24.5. The Balaban J connectivity index is 1.97. The largest absolute Gasteiger partial charge is 0.496 e. The Hall–Kier alpha value is -1.95. The van der Waals surface area contributed by atoms with Crippen molar-refractivity contribution >= 4 is 29.2 Å². The molecule has 0 heterocycles. The summed E-state index contributed by atoms with van der Waals surface area (Å²) in [5.41, 5.74) is 6.10. The molecule has 1 aliphatic carbocycles. The Kier molecular flexibility index (Phi) is 7.36. The monoisotopic (exact) mass is 397 g/mol. The molecule has 1 saturated carbocycles. The maximum absolute atomic E-state index is 12.3. The number of rotatable bonds is 6. The summed E-state index contributed by atoms with van der Waals surface area (Å²) in [6, 6.07) is 2.80. The van der Waals surface area contributed by atoms with Crippen LogP contribution in [0.2, 0.25) is 5.02 Å². The number of anilines is 1. The van der Waals surface area contributed by atoms with Crippen molar-refractivity contribution in [3.05, 3.63) is 22.7 Å². The van der Waals surface area contributed by atoms with E-state index < -0.39 is 18.5 Å². The number of hydrogen-bond donors (Lipinski definition) is 1. The van der Waals surface area contributed by atoms with Crippen LogP contribution in [-0.4, -0.2) is 31.8 Å². The van der Waals surface area contributed by atoms with Crippen LogP contribution < -0.4 is 10.5 Å². The molecule has 0 bridgehead atoms. The van der Waals surface area contributed by atoms with Gasteiger partial charge < -0.3 is 19.9 Å². The highest BCUT2D eigenvalue weighted by molar-refractivity contribution is 6.33. The molecule has 0 saturated heterocycles. The summed E-state index contributed by atoms with van der Waals surface area (Å²) in [6.07, 6.45) is 2.88. The second-order valence-electron chi connectivity index (χ2n) is 7.50. The van der Waals surface area contributed by atoms with Crippen LogP contribution in [0.25, 0.3) is 0 Å². The first kappa shape index (κ1) is 21.4. The van der Waals surface area contributed by atoms with Crippen LogP contribution in [0.3, 0.4) is 0 Å². The molecule has 0 spiro atoms. The number of benzene rings is 1. The van der Waals surface area contributed by atoms with E-state index in [1.165, 1.54) is 19.2 Å². The van der Waals surface area contributed by atoms with E-state index in [1.807, 2.05) is 0 Å². The van der Waals surface area contributed by atoms with E-state index in [0.717, 1.165) is 19.3 Å². The van der Waals surface area contributed by atoms with Gasteiger partial charge in [-0.25, -0.2) is 9.59 Å². The molecule has 6 nitrogen and oxygen atoms in total. The SMILES string of the molecule is COc1cc(N)c(Cl)cc1C(=O)OCC(=O)O[C@@H]1C[C@@H](C)CC[C@H]1C(C)C. The molecule has 0 unspecified atom stereocenters. The summed E-state index contributed by atoms with van der Waals surface area (Å²) in [6.45, 7) is 5.98. The van der Waals surface area contributed by atoms with Gasteiger partial charge in [0.2, 0.25) is 0 Å². The molecule has 0 amide bonds. The zero-order valence-corrected chi connectivity index (χ0v) is 17.0. The van der Waals surface area contributed by atoms with Gasteiger partial charge in [-0.2, -0.15) is 0 Å². The van der Waals surface area contributed by atoms with Crippen molar-refractivity contribution in [2.45, 2.75) is 46.1 Å². The molecular weight excluding hydrogens is 370 g/mol. The normalized spacial score (nSPS) is 22.4. The molecule has 150 valence electrons. The van der Waals surface area contributed by atoms with Gasteiger partial charge >= 0.3 is 11.9 Å². The Morgan fingerprint density at radius 3 is 2.63 bits per heavy atom. The molecule has 27 heavy (non-hydrogen) atoms. The molecule has 2 rings (SSSR count). The Bertz CT molecular complexity index is 691. The van der Waals surface area contributed by atoms with Crippen molar-refractivity contribution in [1.29, 1.82) is 0 Å². The Morgan fingerprint density at radius 2 is 2.00 bits per heavy atom. The third-order valence-corrected chi connectivity index (χ3v) is 5.43. The number of ether oxygens (including phenoxy) is 3. The van der Waals surface area contributed by atoms with Crippen molar-refractivity contribution in [3.63, 3.8) is 0 Å². The van der Waals surface area contributed by atoms with Crippen LogP contribution >= 0.6 is 11.6 Å². The zero-order valence-electron chi connectivity index (χ0n) is 16.3. The summed E-state index contributed by atoms with van der Waals surface area (Å²) in [5, 5.41) is 0.210. The van der Waals surface area contributed by atoms with E-state index >= 15 is 0 Å². The maximum atomic E-state index is 12.3. The number of esters is 2. The second-order valence-corrected chi connectivity index (χ2v) is 7.91.